The van der Waals surface area contributed by atoms with Crippen molar-refractivity contribution in [2.45, 2.75) is 6.04 Å². The van der Waals surface area contributed by atoms with E-state index in [4.69, 9.17) is 16.3 Å². The first-order chi connectivity index (χ1) is 11.2. The Balaban J connectivity index is 2.03. The van der Waals surface area contributed by atoms with Crippen molar-refractivity contribution >= 4 is 11.6 Å². The molecule has 0 aliphatic heterocycles. The molecule has 7 heteroatoms. The van der Waals surface area contributed by atoms with Crippen LogP contribution in [0.5, 0.6) is 11.5 Å². The standard InChI is InChI=1S/C16H15ClN4O2/c1-23-13-5-2-11(3-6-13)16(20-21-9-18-19-10-21)14-8-12(17)4-7-15(14)22/h2-10,16,20,22H,1H3/t16-/m0/s1. The summed E-state index contributed by atoms with van der Waals surface area (Å²) >= 11 is 6.09. The zero-order valence-corrected chi connectivity index (χ0v) is 13.1. The molecule has 0 saturated heterocycles. The van der Waals surface area contributed by atoms with E-state index in [0.717, 1.165) is 11.3 Å². The Hall–Kier alpha value is -2.73. The molecule has 0 saturated carbocycles. The molecule has 0 fully saturated rings. The molecule has 6 nitrogen and oxygen atoms in total. The van der Waals surface area contributed by atoms with Crippen LogP contribution in [0, 0.1) is 0 Å². The number of rotatable bonds is 5. The highest BCUT2D eigenvalue weighted by Gasteiger charge is 2.18. The number of hydrogen-bond acceptors (Lipinski definition) is 5. The number of methoxy groups -OCH3 is 1. The highest BCUT2D eigenvalue weighted by atomic mass is 35.5. The van der Waals surface area contributed by atoms with Crippen molar-refractivity contribution in [3.63, 3.8) is 0 Å². The summed E-state index contributed by atoms with van der Waals surface area (Å²) in [6.07, 6.45) is 3.08. The molecule has 23 heavy (non-hydrogen) atoms. The third kappa shape index (κ3) is 3.37. The number of nitrogens with zero attached hydrogens (tertiary/aromatic N) is 3. The number of ether oxygens (including phenoxy) is 1. The van der Waals surface area contributed by atoms with Crippen molar-refractivity contribution < 1.29 is 9.84 Å². The fraction of sp³-hybridized carbons (Fsp3) is 0.125. The number of aromatic nitrogens is 3. The molecular weight excluding hydrogens is 316 g/mol. The molecule has 0 aliphatic rings. The fourth-order valence-electron chi connectivity index (χ4n) is 2.29. The fourth-order valence-corrected chi connectivity index (χ4v) is 2.47. The Morgan fingerprint density at radius 2 is 1.83 bits per heavy atom. The van der Waals surface area contributed by atoms with Gasteiger partial charge in [-0.25, -0.2) is 4.68 Å². The van der Waals surface area contributed by atoms with E-state index in [0.29, 0.717) is 10.6 Å². The van der Waals surface area contributed by atoms with Gasteiger partial charge in [0.2, 0.25) is 0 Å². The lowest BCUT2D eigenvalue weighted by molar-refractivity contribution is 0.414. The minimum atomic E-state index is -0.337. The predicted octanol–water partition coefficient (Wildman–Crippen LogP) is 2.98. The second kappa shape index (κ2) is 6.58. The van der Waals surface area contributed by atoms with E-state index >= 15 is 0 Å². The highest BCUT2D eigenvalue weighted by molar-refractivity contribution is 6.30. The molecule has 0 unspecified atom stereocenters. The molecule has 1 heterocycles. The first kappa shape index (κ1) is 15.2. The van der Waals surface area contributed by atoms with E-state index < -0.39 is 0 Å². The van der Waals surface area contributed by atoms with Crippen LogP contribution in [0.3, 0.4) is 0 Å². The number of aromatic hydroxyl groups is 1. The largest absolute Gasteiger partial charge is 0.508 e. The Kier molecular flexibility index (Phi) is 4.34. The Morgan fingerprint density at radius 1 is 1.13 bits per heavy atom. The number of benzene rings is 2. The summed E-state index contributed by atoms with van der Waals surface area (Å²) in [5.74, 6) is 0.905. The molecule has 2 aromatic carbocycles. The van der Waals surface area contributed by atoms with Gasteiger partial charge in [-0.1, -0.05) is 23.7 Å². The number of phenols is 1. The van der Waals surface area contributed by atoms with Crippen molar-refractivity contribution in [3.05, 3.63) is 71.3 Å². The second-order valence-corrected chi connectivity index (χ2v) is 5.34. The van der Waals surface area contributed by atoms with Crippen LogP contribution in [0.25, 0.3) is 0 Å². The molecular formula is C16H15ClN4O2. The van der Waals surface area contributed by atoms with Gasteiger partial charge in [-0.2, -0.15) is 0 Å². The third-order valence-electron chi connectivity index (χ3n) is 3.45. The highest BCUT2D eigenvalue weighted by Crippen LogP contribution is 2.33. The average molecular weight is 331 g/mol. The lowest BCUT2D eigenvalue weighted by Gasteiger charge is -2.22. The molecule has 0 aliphatic carbocycles. The lowest BCUT2D eigenvalue weighted by Crippen LogP contribution is -2.21. The molecule has 0 bridgehead atoms. The topological polar surface area (TPSA) is 72.2 Å². The third-order valence-corrected chi connectivity index (χ3v) is 3.68. The summed E-state index contributed by atoms with van der Waals surface area (Å²) in [6, 6.07) is 12.2. The molecule has 3 aromatic rings. The van der Waals surface area contributed by atoms with Crippen molar-refractivity contribution in [2.24, 2.45) is 0 Å². The number of nitrogens with one attached hydrogen (secondary N) is 1. The van der Waals surface area contributed by atoms with Crippen molar-refractivity contribution in [1.29, 1.82) is 0 Å². The normalized spacial score (nSPS) is 11.9. The van der Waals surface area contributed by atoms with Crippen LogP contribution in [0.15, 0.2) is 55.1 Å². The average Bonchev–Trinajstić information content (AvgIpc) is 3.08. The summed E-state index contributed by atoms with van der Waals surface area (Å²) < 4.78 is 6.81. The maximum atomic E-state index is 10.2. The zero-order chi connectivity index (χ0) is 16.2. The maximum absolute atomic E-state index is 10.2. The number of phenolic OH excluding ortho intramolecular Hbond substituents is 1. The summed E-state index contributed by atoms with van der Waals surface area (Å²) in [5, 5.41) is 18.3. The molecule has 0 amide bonds. The molecule has 1 atom stereocenters. The Bertz CT molecular complexity index is 775. The van der Waals surface area contributed by atoms with Gasteiger partial charge in [-0.3, -0.25) is 0 Å². The van der Waals surface area contributed by atoms with Crippen LogP contribution in [-0.4, -0.2) is 27.1 Å². The van der Waals surface area contributed by atoms with Gasteiger partial charge >= 0.3 is 0 Å². The van der Waals surface area contributed by atoms with E-state index in [2.05, 4.69) is 15.6 Å². The van der Waals surface area contributed by atoms with Gasteiger partial charge in [0.05, 0.1) is 13.2 Å². The van der Waals surface area contributed by atoms with Crippen LogP contribution < -0.4 is 10.2 Å². The van der Waals surface area contributed by atoms with Crippen molar-refractivity contribution in [3.8, 4) is 11.5 Å². The number of halogens is 1. The summed E-state index contributed by atoms with van der Waals surface area (Å²) in [7, 11) is 1.62. The van der Waals surface area contributed by atoms with Gasteiger partial charge in [-0.15, -0.1) is 10.2 Å². The second-order valence-electron chi connectivity index (χ2n) is 4.91. The summed E-state index contributed by atoms with van der Waals surface area (Å²) in [6.45, 7) is 0. The van der Waals surface area contributed by atoms with Gasteiger partial charge in [0, 0.05) is 10.6 Å². The zero-order valence-electron chi connectivity index (χ0n) is 12.3. The van der Waals surface area contributed by atoms with Crippen LogP contribution >= 0.6 is 11.6 Å². The molecule has 0 spiro atoms. The minimum Gasteiger partial charge on any atom is -0.508 e. The summed E-state index contributed by atoms with van der Waals surface area (Å²) in [4.78, 5) is 0. The lowest BCUT2D eigenvalue weighted by atomic mass is 9.98. The van der Waals surface area contributed by atoms with Crippen LogP contribution in [0.2, 0.25) is 5.02 Å². The quantitative estimate of drug-likeness (QED) is 0.752. The summed E-state index contributed by atoms with van der Waals surface area (Å²) in [5.41, 5.74) is 4.81. The van der Waals surface area contributed by atoms with Crippen LogP contribution in [0.4, 0.5) is 0 Å². The smallest absolute Gasteiger partial charge is 0.138 e. The minimum absolute atomic E-state index is 0.149. The first-order valence-electron chi connectivity index (χ1n) is 6.91. The van der Waals surface area contributed by atoms with Crippen molar-refractivity contribution in [1.82, 2.24) is 14.9 Å². The molecule has 3 rings (SSSR count). The van der Waals surface area contributed by atoms with E-state index in [-0.39, 0.29) is 11.8 Å². The maximum Gasteiger partial charge on any atom is 0.138 e. The van der Waals surface area contributed by atoms with Gasteiger partial charge < -0.3 is 15.3 Å². The van der Waals surface area contributed by atoms with Crippen LogP contribution in [0.1, 0.15) is 17.2 Å². The number of hydrogen-bond donors (Lipinski definition) is 2. The molecule has 118 valence electrons. The monoisotopic (exact) mass is 330 g/mol. The molecule has 0 radical (unpaired) electrons. The van der Waals surface area contributed by atoms with E-state index in [1.54, 1.807) is 30.0 Å². The van der Waals surface area contributed by atoms with Crippen LogP contribution in [-0.2, 0) is 0 Å². The van der Waals surface area contributed by atoms with Gasteiger partial charge in [0.25, 0.3) is 0 Å². The predicted molar refractivity (Wildman–Crippen MR) is 87.3 cm³/mol. The Morgan fingerprint density at radius 3 is 2.48 bits per heavy atom. The van der Waals surface area contributed by atoms with Crippen molar-refractivity contribution in [2.75, 3.05) is 12.5 Å². The van der Waals surface area contributed by atoms with E-state index in [1.165, 1.54) is 12.7 Å². The van der Waals surface area contributed by atoms with E-state index in [1.807, 2.05) is 24.3 Å². The SMILES string of the molecule is COc1ccc([C@H](Nn2cnnc2)c2cc(Cl)ccc2O)cc1. The Labute approximate surface area is 138 Å². The van der Waals surface area contributed by atoms with Gasteiger partial charge in [0.1, 0.15) is 24.2 Å². The first-order valence-corrected chi connectivity index (χ1v) is 7.28. The molecule has 2 N–H and O–H groups in total. The molecule has 1 aromatic heterocycles. The van der Waals surface area contributed by atoms with Gasteiger partial charge in [-0.05, 0) is 35.9 Å². The van der Waals surface area contributed by atoms with Gasteiger partial charge in [0.15, 0.2) is 0 Å². The van der Waals surface area contributed by atoms with E-state index in [9.17, 15) is 5.11 Å².